The van der Waals surface area contributed by atoms with E-state index in [-0.39, 0.29) is 11.2 Å². The molecule has 28 heavy (non-hydrogen) atoms. The van der Waals surface area contributed by atoms with Gasteiger partial charge in [-0.1, -0.05) is 46.6 Å². The van der Waals surface area contributed by atoms with Crippen LogP contribution >= 0.6 is 46.6 Å². The van der Waals surface area contributed by atoms with Gasteiger partial charge in [0, 0.05) is 19.1 Å². The SMILES string of the molecule is CC(Sc1nnc(N2CCCC2)n1C1CC1)C(=O)Nc1cc(Cl)c(Cl)cc1Cl. The zero-order valence-corrected chi connectivity index (χ0v) is 18.4. The molecule has 2 aromatic rings. The van der Waals surface area contributed by atoms with Crippen LogP contribution in [-0.4, -0.2) is 39.0 Å². The van der Waals surface area contributed by atoms with Crippen LogP contribution in [0.15, 0.2) is 17.3 Å². The number of benzene rings is 1. The quantitative estimate of drug-likeness (QED) is 0.468. The molecule has 1 aromatic heterocycles. The summed E-state index contributed by atoms with van der Waals surface area (Å²) in [6.07, 6.45) is 4.63. The maximum absolute atomic E-state index is 12.7. The van der Waals surface area contributed by atoms with E-state index in [0.29, 0.717) is 26.8 Å². The fourth-order valence-corrected chi connectivity index (χ4v) is 4.71. The van der Waals surface area contributed by atoms with Crippen molar-refractivity contribution in [3.8, 4) is 0 Å². The molecule has 1 aromatic carbocycles. The van der Waals surface area contributed by atoms with Crippen LogP contribution in [0.2, 0.25) is 15.1 Å². The molecule has 0 radical (unpaired) electrons. The summed E-state index contributed by atoms with van der Waals surface area (Å²) in [6, 6.07) is 3.51. The van der Waals surface area contributed by atoms with Gasteiger partial charge in [0.05, 0.1) is 26.0 Å². The van der Waals surface area contributed by atoms with Crippen LogP contribution in [0.25, 0.3) is 0 Å². The highest BCUT2D eigenvalue weighted by Gasteiger charge is 2.33. The second-order valence-electron chi connectivity index (χ2n) is 7.07. The van der Waals surface area contributed by atoms with Gasteiger partial charge in [0.1, 0.15) is 0 Å². The van der Waals surface area contributed by atoms with Crippen LogP contribution in [0.1, 0.15) is 38.6 Å². The van der Waals surface area contributed by atoms with Crippen LogP contribution in [-0.2, 0) is 4.79 Å². The summed E-state index contributed by atoms with van der Waals surface area (Å²) in [5.74, 6) is 0.751. The van der Waals surface area contributed by atoms with E-state index in [0.717, 1.165) is 37.0 Å². The summed E-state index contributed by atoms with van der Waals surface area (Å²) in [4.78, 5) is 15.0. The molecule has 1 saturated carbocycles. The monoisotopic (exact) mass is 459 g/mol. The minimum Gasteiger partial charge on any atom is -0.341 e. The molecule has 10 heteroatoms. The van der Waals surface area contributed by atoms with Gasteiger partial charge in [-0.05, 0) is 44.7 Å². The van der Waals surface area contributed by atoms with Crippen molar-refractivity contribution in [2.45, 2.75) is 49.1 Å². The Labute approximate surface area is 182 Å². The first-order valence-electron chi connectivity index (χ1n) is 9.26. The fourth-order valence-electron chi connectivity index (χ4n) is 3.20. The second kappa shape index (κ2) is 8.30. The first kappa shape index (κ1) is 20.1. The summed E-state index contributed by atoms with van der Waals surface area (Å²) in [5, 5.41) is 13.1. The van der Waals surface area contributed by atoms with Crippen LogP contribution in [0.4, 0.5) is 11.6 Å². The Morgan fingerprint density at radius 2 is 1.82 bits per heavy atom. The number of aromatic nitrogens is 3. The van der Waals surface area contributed by atoms with Gasteiger partial charge in [-0.2, -0.15) is 0 Å². The minimum atomic E-state index is -0.376. The van der Waals surface area contributed by atoms with Crippen molar-refractivity contribution in [2.24, 2.45) is 0 Å². The van der Waals surface area contributed by atoms with Gasteiger partial charge in [0.25, 0.3) is 0 Å². The number of hydrogen-bond acceptors (Lipinski definition) is 5. The van der Waals surface area contributed by atoms with E-state index in [4.69, 9.17) is 34.8 Å². The minimum absolute atomic E-state index is 0.182. The van der Waals surface area contributed by atoms with Crippen LogP contribution < -0.4 is 10.2 Å². The van der Waals surface area contributed by atoms with Crippen molar-refractivity contribution in [3.05, 3.63) is 27.2 Å². The number of thioether (sulfide) groups is 1. The number of anilines is 2. The number of nitrogens with zero attached hydrogens (tertiary/aromatic N) is 4. The zero-order chi connectivity index (χ0) is 19.8. The molecule has 1 unspecified atom stereocenters. The number of carbonyl (C=O) groups excluding carboxylic acids is 1. The van der Waals surface area contributed by atoms with Crippen molar-refractivity contribution in [1.29, 1.82) is 0 Å². The summed E-state index contributed by atoms with van der Waals surface area (Å²) in [6.45, 7) is 3.87. The number of amides is 1. The van der Waals surface area contributed by atoms with Crippen LogP contribution in [0, 0.1) is 0 Å². The average molecular weight is 461 g/mol. The Hall–Kier alpha value is -1.15. The Morgan fingerprint density at radius 3 is 2.50 bits per heavy atom. The molecule has 1 aliphatic carbocycles. The van der Waals surface area contributed by atoms with Gasteiger partial charge in [-0.3, -0.25) is 9.36 Å². The molecule has 1 saturated heterocycles. The topological polar surface area (TPSA) is 63.1 Å². The predicted molar refractivity (Wildman–Crippen MR) is 115 cm³/mol. The maximum atomic E-state index is 12.7. The molecule has 150 valence electrons. The van der Waals surface area contributed by atoms with E-state index in [1.54, 1.807) is 6.07 Å². The Kier molecular flexibility index (Phi) is 5.97. The van der Waals surface area contributed by atoms with Crippen molar-refractivity contribution in [1.82, 2.24) is 14.8 Å². The lowest BCUT2D eigenvalue weighted by molar-refractivity contribution is -0.115. The van der Waals surface area contributed by atoms with Gasteiger partial charge < -0.3 is 10.2 Å². The number of rotatable bonds is 6. The van der Waals surface area contributed by atoms with Crippen LogP contribution in [0.5, 0.6) is 0 Å². The molecule has 2 aliphatic rings. The van der Waals surface area contributed by atoms with Crippen molar-refractivity contribution < 1.29 is 4.79 Å². The molecular weight excluding hydrogens is 441 g/mol. The average Bonchev–Trinajstić information content (AvgIpc) is 3.17. The van der Waals surface area contributed by atoms with E-state index >= 15 is 0 Å². The third-order valence-electron chi connectivity index (χ3n) is 4.87. The third-order valence-corrected chi connectivity index (χ3v) is 6.96. The zero-order valence-electron chi connectivity index (χ0n) is 15.3. The first-order chi connectivity index (χ1) is 13.4. The molecule has 0 bridgehead atoms. The highest BCUT2D eigenvalue weighted by atomic mass is 35.5. The van der Waals surface area contributed by atoms with Gasteiger partial charge in [-0.15, -0.1) is 10.2 Å². The maximum Gasteiger partial charge on any atom is 0.237 e. The largest absolute Gasteiger partial charge is 0.341 e. The number of halogens is 3. The van der Waals surface area contributed by atoms with E-state index in [9.17, 15) is 4.79 Å². The Balaban J connectivity index is 1.48. The van der Waals surface area contributed by atoms with E-state index in [2.05, 4.69) is 25.0 Å². The van der Waals surface area contributed by atoms with E-state index < -0.39 is 0 Å². The standard InChI is InChI=1S/C18H20Cl3N5OS/c1-10(16(27)22-15-9-13(20)12(19)8-14(15)21)28-18-24-23-17(25-6-2-3-7-25)26(18)11-4-5-11/h8-11H,2-7H2,1H3,(H,22,27). The molecular formula is C18H20Cl3N5OS. The molecule has 6 nitrogen and oxygen atoms in total. The van der Waals surface area contributed by atoms with Crippen molar-refractivity contribution in [2.75, 3.05) is 23.3 Å². The van der Waals surface area contributed by atoms with Crippen molar-refractivity contribution >= 4 is 64.1 Å². The van der Waals surface area contributed by atoms with Crippen LogP contribution in [0.3, 0.4) is 0 Å². The molecule has 1 N–H and O–H groups in total. The second-order valence-corrected chi connectivity index (χ2v) is 9.60. The van der Waals surface area contributed by atoms with E-state index in [1.807, 2.05) is 6.92 Å². The van der Waals surface area contributed by atoms with Gasteiger partial charge in [-0.25, -0.2) is 0 Å². The highest BCUT2D eigenvalue weighted by molar-refractivity contribution is 8.00. The molecule has 4 rings (SSSR count). The lowest BCUT2D eigenvalue weighted by Gasteiger charge is -2.19. The lowest BCUT2D eigenvalue weighted by Crippen LogP contribution is -2.24. The Bertz CT molecular complexity index is 896. The van der Waals surface area contributed by atoms with Gasteiger partial charge in [0.15, 0.2) is 5.16 Å². The highest BCUT2D eigenvalue weighted by Crippen LogP contribution is 2.42. The molecule has 1 amide bonds. The van der Waals surface area contributed by atoms with Crippen molar-refractivity contribution in [3.63, 3.8) is 0 Å². The number of nitrogens with one attached hydrogen (secondary N) is 1. The predicted octanol–water partition coefficient (Wildman–Crippen LogP) is 5.29. The van der Waals surface area contributed by atoms with E-state index in [1.165, 1.54) is 30.7 Å². The summed E-state index contributed by atoms with van der Waals surface area (Å²) < 4.78 is 2.20. The number of hydrogen-bond donors (Lipinski definition) is 1. The molecule has 1 aliphatic heterocycles. The summed E-state index contributed by atoms with van der Waals surface area (Å²) in [5.41, 5.74) is 0.440. The number of carbonyl (C=O) groups is 1. The molecule has 2 heterocycles. The lowest BCUT2D eigenvalue weighted by atomic mass is 10.3. The smallest absolute Gasteiger partial charge is 0.237 e. The Morgan fingerprint density at radius 1 is 1.14 bits per heavy atom. The normalized spacial score (nSPS) is 17.8. The third kappa shape index (κ3) is 4.22. The summed E-state index contributed by atoms with van der Waals surface area (Å²) in [7, 11) is 0. The summed E-state index contributed by atoms with van der Waals surface area (Å²) >= 11 is 19.6. The van der Waals surface area contributed by atoms with Gasteiger partial charge in [0.2, 0.25) is 11.9 Å². The molecule has 2 fully saturated rings. The molecule has 1 atom stereocenters. The fraction of sp³-hybridized carbons (Fsp3) is 0.500. The van der Waals surface area contributed by atoms with Gasteiger partial charge >= 0.3 is 0 Å². The molecule has 0 spiro atoms. The first-order valence-corrected chi connectivity index (χ1v) is 11.3.